The van der Waals surface area contributed by atoms with Gasteiger partial charge in [0, 0.05) is 10.8 Å². The number of furan rings is 1. The van der Waals surface area contributed by atoms with Gasteiger partial charge < -0.3 is 14.3 Å². The first-order valence-electron chi connectivity index (χ1n) is 11.2. The summed E-state index contributed by atoms with van der Waals surface area (Å²) >= 11 is 8.87. The lowest BCUT2D eigenvalue weighted by Gasteiger charge is -2.24. The van der Waals surface area contributed by atoms with Gasteiger partial charge in [-0.3, -0.25) is 14.5 Å². The molecule has 1 aliphatic heterocycles. The number of carbonyl (C=O) groups is 2. The van der Waals surface area contributed by atoms with Crippen LogP contribution in [-0.2, 0) is 10.5 Å². The number of nitrogens with zero attached hydrogens (tertiary/aromatic N) is 3. The third-order valence-electron chi connectivity index (χ3n) is 5.62. The van der Waals surface area contributed by atoms with Gasteiger partial charge in [-0.2, -0.15) is 0 Å². The summed E-state index contributed by atoms with van der Waals surface area (Å²) in [5.74, 6) is -0.761. The molecule has 1 aliphatic rings. The Morgan fingerprint density at radius 1 is 1.16 bits per heavy atom. The Labute approximate surface area is 225 Å². The maximum absolute atomic E-state index is 13.3. The van der Waals surface area contributed by atoms with Crippen LogP contribution in [0.15, 0.2) is 87.0 Å². The Bertz CT molecular complexity index is 1470. The molecule has 1 N–H and O–H groups in total. The zero-order valence-electron chi connectivity index (χ0n) is 19.5. The van der Waals surface area contributed by atoms with Crippen LogP contribution in [0.25, 0.3) is 0 Å². The highest BCUT2D eigenvalue weighted by Crippen LogP contribution is 2.44. The van der Waals surface area contributed by atoms with E-state index in [1.165, 1.54) is 40.3 Å². The van der Waals surface area contributed by atoms with Crippen molar-refractivity contribution in [1.29, 1.82) is 0 Å². The number of hydrogen-bond donors (Lipinski definition) is 1. The SMILES string of the molecule is CCOc1ccc(C2C(C(=O)c3ccco3)=C(O)C(=O)N2c2nnc(SCc3ccccc3Cl)s2)cc1. The van der Waals surface area contributed by atoms with Crippen molar-refractivity contribution in [3.05, 3.63) is 100 Å². The van der Waals surface area contributed by atoms with Crippen LogP contribution in [0.5, 0.6) is 5.75 Å². The van der Waals surface area contributed by atoms with Gasteiger partial charge in [0.05, 0.1) is 24.5 Å². The third-order valence-corrected chi connectivity index (χ3v) is 8.09. The quantitative estimate of drug-likeness (QED) is 0.147. The van der Waals surface area contributed by atoms with E-state index < -0.39 is 23.5 Å². The molecule has 2 aromatic heterocycles. The molecule has 3 heterocycles. The van der Waals surface area contributed by atoms with E-state index in [9.17, 15) is 14.7 Å². The van der Waals surface area contributed by atoms with Crippen molar-refractivity contribution in [1.82, 2.24) is 10.2 Å². The fourth-order valence-corrected chi connectivity index (χ4v) is 6.07. The van der Waals surface area contributed by atoms with E-state index in [0.29, 0.717) is 33.0 Å². The maximum atomic E-state index is 13.3. The first kappa shape index (κ1) is 25.1. The molecule has 1 unspecified atom stereocenters. The summed E-state index contributed by atoms with van der Waals surface area (Å²) in [6, 6.07) is 16.6. The highest BCUT2D eigenvalue weighted by Gasteiger charge is 2.46. The highest BCUT2D eigenvalue weighted by molar-refractivity contribution is 8.00. The first-order chi connectivity index (χ1) is 18.0. The minimum absolute atomic E-state index is 0.0142. The number of rotatable bonds is 9. The lowest BCUT2D eigenvalue weighted by molar-refractivity contribution is -0.117. The Morgan fingerprint density at radius 3 is 2.65 bits per heavy atom. The van der Waals surface area contributed by atoms with Crippen LogP contribution in [0.2, 0.25) is 5.02 Å². The van der Waals surface area contributed by atoms with Crippen molar-refractivity contribution in [2.24, 2.45) is 0 Å². The molecule has 0 aliphatic carbocycles. The second-order valence-electron chi connectivity index (χ2n) is 7.88. The molecule has 0 saturated carbocycles. The van der Waals surface area contributed by atoms with Crippen molar-refractivity contribution in [3.63, 3.8) is 0 Å². The summed E-state index contributed by atoms with van der Waals surface area (Å²) in [7, 11) is 0. The molecule has 8 nitrogen and oxygen atoms in total. The largest absolute Gasteiger partial charge is 0.503 e. The number of amides is 1. The summed E-state index contributed by atoms with van der Waals surface area (Å²) in [4.78, 5) is 27.9. The van der Waals surface area contributed by atoms with Crippen molar-refractivity contribution >= 4 is 51.5 Å². The van der Waals surface area contributed by atoms with E-state index in [1.54, 1.807) is 30.3 Å². The molecule has 1 atom stereocenters. The number of aliphatic hydroxyl groups is 1. The van der Waals surface area contributed by atoms with E-state index >= 15 is 0 Å². The van der Waals surface area contributed by atoms with Crippen molar-refractivity contribution < 1.29 is 23.8 Å². The Kier molecular flexibility index (Phi) is 7.31. The molecule has 0 saturated heterocycles. The molecule has 0 fully saturated rings. The fourth-order valence-electron chi connectivity index (χ4n) is 3.92. The number of aliphatic hydroxyl groups excluding tert-OH is 1. The maximum Gasteiger partial charge on any atom is 0.296 e. The molecule has 0 radical (unpaired) electrons. The molecule has 188 valence electrons. The number of ether oxygens (including phenoxy) is 1. The van der Waals surface area contributed by atoms with Gasteiger partial charge in [0.1, 0.15) is 5.75 Å². The minimum atomic E-state index is -0.935. The predicted octanol–water partition coefficient (Wildman–Crippen LogP) is 6.26. The monoisotopic (exact) mass is 553 g/mol. The molecule has 37 heavy (non-hydrogen) atoms. The second kappa shape index (κ2) is 10.8. The standard InChI is InChI=1S/C26H20ClN3O5S2/c1-2-34-17-11-9-15(10-12-17)21-20(22(31)19-8-5-13-35-19)23(32)24(33)30(21)25-28-29-26(37-25)36-14-16-6-3-4-7-18(16)27/h3-13,21,32H,2,14H2,1H3. The molecule has 1 amide bonds. The first-order valence-corrected chi connectivity index (χ1v) is 13.4. The third kappa shape index (κ3) is 5.00. The van der Waals surface area contributed by atoms with Crippen LogP contribution < -0.4 is 9.64 Å². The van der Waals surface area contributed by atoms with E-state index in [1.807, 2.05) is 31.2 Å². The van der Waals surface area contributed by atoms with E-state index in [4.69, 9.17) is 20.8 Å². The van der Waals surface area contributed by atoms with Crippen molar-refractivity contribution in [2.45, 2.75) is 23.1 Å². The topological polar surface area (TPSA) is 106 Å². The molecular weight excluding hydrogens is 534 g/mol. The number of hydrogen-bond acceptors (Lipinski definition) is 9. The van der Waals surface area contributed by atoms with Gasteiger partial charge in [0.25, 0.3) is 5.91 Å². The molecule has 0 spiro atoms. The van der Waals surface area contributed by atoms with Gasteiger partial charge in [0.15, 0.2) is 15.9 Å². The van der Waals surface area contributed by atoms with Crippen molar-refractivity contribution in [3.8, 4) is 5.75 Å². The summed E-state index contributed by atoms with van der Waals surface area (Å²) < 4.78 is 11.4. The number of anilines is 1. The van der Waals surface area contributed by atoms with Crippen LogP contribution in [0, 0.1) is 0 Å². The van der Waals surface area contributed by atoms with Gasteiger partial charge >= 0.3 is 0 Å². The average molecular weight is 554 g/mol. The molecule has 2 aromatic carbocycles. The van der Waals surface area contributed by atoms with Crippen LogP contribution in [0.3, 0.4) is 0 Å². The molecule has 0 bridgehead atoms. The smallest absolute Gasteiger partial charge is 0.296 e. The van der Waals surface area contributed by atoms with Crippen LogP contribution in [-0.4, -0.2) is 33.6 Å². The number of Topliss-reactive ketones (excluding diaryl/α,β-unsaturated/α-hetero) is 1. The lowest BCUT2D eigenvalue weighted by atomic mass is 9.95. The number of benzene rings is 2. The van der Waals surface area contributed by atoms with E-state index in [0.717, 1.165) is 5.56 Å². The number of ketones is 1. The summed E-state index contributed by atoms with van der Waals surface area (Å²) in [5, 5.41) is 20.2. The van der Waals surface area contributed by atoms with Gasteiger partial charge in [-0.1, -0.05) is 65.0 Å². The van der Waals surface area contributed by atoms with Gasteiger partial charge in [-0.15, -0.1) is 10.2 Å². The van der Waals surface area contributed by atoms with Crippen LogP contribution in [0.4, 0.5) is 5.13 Å². The van der Waals surface area contributed by atoms with Gasteiger partial charge in [-0.05, 0) is 48.4 Å². The average Bonchev–Trinajstić information content (AvgIpc) is 3.65. The van der Waals surface area contributed by atoms with Crippen molar-refractivity contribution in [2.75, 3.05) is 11.5 Å². The minimum Gasteiger partial charge on any atom is -0.503 e. The molecule has 4 aromatic rings. The molecule has 5 rings (SSSR count). The predicted molar refractivity (Wildman–Crippen MR) is 141 cm³/mol. The Balaban J connectivity index is 1.49. The summed E-state index contributed by atoms with van der Waals surface area (Å²) in [6.07, 6.45) is 1.36. The fraction of sp³-hybridized carbons (Fsp3) is 0.154. The Morgan fingerprint density at radius 2 is 1.95 bits per heavy atom. The number of halogens is 1. The van der Waals surface area contributed by atoms with Gasteiger partial charge in [-0.25, -0.2) is 0 Å². The molecule has 11 heteroatoms. The number of thioether (sulfide) groups is 1. The normalized spacial score (nSPS) is 15.5. The molecular formula is C26H20ClN3O5S2. The van der Waals surface area contributed by atoms with Gasteiger partial charge in [0.2, 0.25) is 10.9 Å². The van der Waals surface area contributed by atoms with E-state index in [2.05, 4.69) is 10.2 Å². The highest BCUT2D eigenvalue weighted by atomic mass is 35.5. The zero-order chi connectivity index (χ0) is 25.9. The lowest BCUT2D eigenvalue weighted by Crippen LogP contribution is -2.31. The van der Waals surface area contributed by atoms with Crippen LogP contribution in [0.1, 0.15) is 34.6 Å². The number of aromatic nitrogens is 2. The number of carbonyl (C=O) groups excluding carboxylic acids is 2. The second-order valence-corrected chi connectivity index (χ2v) is 10.5. The summed E-state index contributed by atoms with van der Waals surface area (Å²) in [5.41, 5.74) is 1.45. The Hall–Kier alpha value is -3.60. The van der Waals surface area contributed by atoms with E-state index in [-0.39, 0.29) is 16.5 Å². The zero-order valence-corrected chi connectivity index (χ0v) is 21.8. The summed E-state index contributed by atoms with van der Waals surface area (Å²) in [6.45, 7) is 2.37. The van der Waals surface area contributed by atoms with Crippen LogP contribution >= 0.6 is 34.7 Å².